The Balaban J connectivity index is 1.47. The first-order chi connectivity index (χ1) is 11.8. The van der Waals surface area contributed by atoms with Crippen molar-refractivity contribution in [2.75, 3.05) is 25.1 Å². The molecule has 1 aliphatic rings. The molecule has 1 aromatic carbocycles. The summed E-state index contributed by atoms with van der Waals surface area (Å²) in [6, 6.07) is 14.2. The highest BCUT2D eigenvalue weighted by Crippen LogP contribution is 2.34. The van der Waals surface area contributed by atoms with E-state index in [9.17, 15) is 0 Å². The van der Waals surface area contributed by atoms with Gasteiger partial charge in [0.2, 0.25) is 5.13 Å². The second kappa shape index (κ2) is 6.57. The van der Waals surface area contributed by atoms with Crippen LogP contribution in [0.3, 0.4) is 0 Å². The van der Waals surface area contributed by atoms with Crippen LogP contribution in [-0.2, 0) is 0 Å². The highest BCUT2D eigenvalue weighted by molar-refractivity contribution is 7.18. The third-order valence-corrected chi connectivity index (χ3v) is 5.35. The Morgan fingerprint density at radius 1 is 1.12 bits per heavy atom. The summed E-state index contributed by atoms with van der Waals surface area (Å²) in [6.45, 7) is 1.98. The van der Waals surface area contributed by atoms with Crippen molar-refractivity contribution in [3.8, 4) is 16.5 Å². The lowest BCUT2D eigenvalue weighted by Gasteiger charge is -2.14. The molecule has 0 aliphatic carbocycles. The zero-order valence-corrected chi connectivity index (χ0v) is 14.2. The molecule has 1 unspecified atom stereocenters. The number of hydrogen-bond donors (Lipinski definition) is 0. The van der Waals surface area contributed by atoms with Gasteiger partial charge in [-0.05, 0) is 36.2 Å². The van der Waals surface area contributed by atoms with Gasteiger partial charge in [-0.2, -0.15) is 0 Å². The summed E-state index contributed by atoms with van der Waals surface area (Å²) >= 11 is 1.61. The van der Waals surface area contributed by atoms with E-state index >= 15 is 0 Å². The van der Waals surface area contributed by atoms with Crippen LogP contribution < -0.4 is 9.64 Å². The molecule has 0 amide bonds. The minimum absolute atomic E-state index is 0.526. The minimum Gasteiger partial charge on any atom is -0.497 e. The lowest BCUT2D eigenvalue weighted by atomic mass is 9.98. The Kier molecular flexibility index (Phi) is 4.13. The fraction of sp³-hybridized carbons (Fsp3) is 0.278. The second-order valence-electron chi connectivity index (χ2n) is 5.81. The molecule has 5 nitrogen and oxygen atoms in total. The summed E-state index contributed by atoms with van der Waals surface area (Å²) in [5.41, 5.74) is 2.24. The molecule has 0 radical (unpaired) electrons. The SMILES string of the molecule is COc1ccc(C2CCN(c3nnc(-c4ccccn4)s3)C2)cc1. The lowest BCUT2D eigenvalue weighted by Crippen LogP contribution is -2.18. The van der Waals surface area contributed by atoms with E-state index in [1.807, 2.05) is 30.3 Å². The van der Waals surface area contributed by atoms with Gasteiger partial charge in [0.1, 0.15) is 11.4 Å². The standard InChI is InChI=1S/C18H18N4OS/c1-23-15-7-5-13(6-8-15)14-9-11-22(12-14)18-21-20-17(24-18)16-4-2-3-10-19-16/h2-8,10,14H,9,11-12H2,1H3. The summed E-state index contributed by atoms with van der Waals surface area (Å²) in [4.78, 5) is 6.66. The molecule has 3 aromatic rings. The lowest BCUT2D eigenvalue weighted by molar-refractivity contribution is 0.414. The molecule has 0 spiro atoms. The summed E-state index contributed by atoms with van der Waals surface area (Å²) in [7, 11) is 1.70. The van der Waals surface area contributed by atoms with Crippen molar-refractivity contribution in [3.05, 3.63) is 54.2 Å². The molecule has 24 heavy (non-hydrogen) atoms. The van der Waals surface area contributed by atoms with Gasteiger partial charge < -0.3 is 9.64 Å². The van der Waals surface area contributed by atoms with Gasteiger partial charge in [0.05, 0.1) is 7.11 Å². The summed E-state index contributed by atoms with van der Waals surface area (Å²) in [5, 5.41) is 10.5. The van der Waals surface area contributed by atoms with Gasteiger partial charge in [-0.1, -0.05) is 29.5 Å². The Morgan fingerprint density at radius 2 is 2.00 bits per heavy atom. The van der Waals surface area contributed by atoms with E-state index in [-0.39, 0.29) is 0 Å². The van der Waals surface area contributed by atoms with Gasteiger partial charge >= 0.3 is 0 Å². The maximum atomic E-state index is 5.23. The highest BCUT2D eigenvalue weighted by Gasteiger charge is 2.26. The Bertz CT molecular complexity index is 803. The van der Waals surface area contributed by atoms with Crippen LogP contribution in [0.5, 0.6) is 5.75 Å². The van der Waals surface area contributed by atoms with Crippen LogP contribution in [0.2, 0.25) is 0 Å². The van der Waals surface area contributed by atoms with Gasteiger partial charge in [0, 0.05) is 25.2 Å². The zero-order chi connectivity index (χ0) is 16.4. The van der Waals surface area contributed by atoms with Gasteiger partial charge in [0.15, 0.2) is 5.01 Å². The summed E-state index contributed by atoms with van der Waals surface area (Å²) in [5.74, 6) is 1.43. The smallest absolute Gasteiger partial charge is 0.208 e. The molecule has 122 valence electrons. The average molecular weight is 338 g/mol. The maximum absolute atomic E-state index is 5.23. The monoisotopic (exact) mass is 338 g/mol. The average Bonchev–Trinajstić information content (AvgIpc) is 3.32. The quantitative estimate of drug-likeness (QED) is 0.727. The van der Waals surface area contributed by atoms with Gasteiger partial charge in [-0.3, -0.25) is 4.98 Å². The molecule has 4 rings (SSSR count). The first kappa shape index (κ1) is 15.1. The van der Waals surface area contributed by atoms with Crippen molar-refractivity contribution >= 4 is 16.5 Å². The van der Waals surface area contributed by atoms with Crippen molar-refractivity contribution in [3.63, 3.8) is 0 Å². The molecular formula is C18H18N4OS. The third kappa shape index (κ3) is 2.97. The van der Waals surface area contributed by atoms with Crippen LogP contribution >= 0.6 is 11.3 Å². The predicted molar refractivity (Wildman–Crippen MR) is 95.7 cm³/mol. The number of pyridine rings is 1. The summed E-state index contributed by atoms with van der Waals surface area (Å²) < 4.78 is 5.23. The van der Waals surface area contributed by atoms with Crippen LogP contribution in [0, 0.1) is 0 Å². The maximum Gasteiger partial charge on any atom is 0.208 e. The summed E-state index contributed by atoms with van der Waals surface area (Å²) in [6.07, 6.45) is 2.91. The highest BCUT2D eigenvalue weighted by atomic mass is 32.1. The molecule has 0 N–H and O–H groups in total. The molecule has 0 saturated carbocycles. The molecule has 3 heterocycles. The molecule has 1 atom stereocenters. The topological polar surface area (TPSA) is 51.1 Å². The van der Waals surface area contributed by atoms with Crippen LogP contribution in [0.15, 0.2) is 48.7 Å². The van der Waals surface area contributed by atoms with Crippen molar-refractivity contribution in [2.24, 2.45) is 0 Å². The van der Waals surface area contributed by atoms with Crippen molar-refractivity contribution < 1.29 is 4.74 Å². The van der Waals surface area contributed by atoms with E-state index in [1.54, 1.807) is 24.6 Å². The van der Waals surface area contributed by atoms with Crippen LogP contribution in [-0.4, -0.2) is 35.4 Å². The predicted octanol–water partition coefficient (Wildman–Crippen LogP) is 3.60. The molecule has 0 bridgehead atoms. The van der Waals surface area contributed by atoms with E-state index in [2.05, 4.69) is 32.2 Å². The van der Waals surface area contributed by atoms with Gasteiger partial charge in [-0.15, -0.1) is 10.2 Å². The molecule has 1 aliphatic heterocycles. The van der Waals surface area contributed by atoms with Crippen LogP contribution in [0.4, 0.5) is 5.13 Å². The molecular weight excluding hydrogens is 320 g/mol. The number of benzene rings is 1. The molecule has 6 heteroatoms. The van der Waals surface area contributed by atoms with Gasteiger partial charge in [-0.25, -0.2) is 0 Å². The Labute approximate surface area is 145 Å². The van der Waals surface area contributed by atoms with Crippen molar-refractivity contribution in [1.82, 2.24) is 15.2 Å². The van der Waals surface area contributed by atoms with Crippen molar-refractivity contribution in [2.45, 2.75) is 12.3 Å². The van der Waals surface area contributed by atoms with E-state index in [4.69, 9.17) is 4.74 Å². The van der Waals surface area contributed by atoms with Crippen molar-refractivity contribution in [1.29, 1.82) is 0 Å². The van der Waals surface area contributed by atoms with E-state index in [0.717, 1.165) is 41.1 Å². The number of hydrogen-bond acceptors (Lipinski definition) is 6. The zero-order valence-electron chi connectivity index (χ0n) is 13.4. The number of rotatable bonds is 4. The Hall–Kier alpha value is -2.47. The van der Waals surface area contributed by atoms with E-state index in [1.165, 1.54) is 5.56 Å². The number of ether oxygens (including phenoxy) is 1. The number of aromatic nitrogens is 3. The molecule has 1 saturated heterocycles. The van der Waals surface area contributed by atoms with Gasteiger partial charge in [0.25, 0.3) is 0 Å². The normalized spacial score (nSPS) is 17.2. The minimum atomic E-state index is 0.526. The third-order valence-electron chi connectivity index (χ3n) is 4.34. The molecule has 1 fully saturated rings. The van der Waals surface area contributed by atoms with E-state index < -0.39 is 0 Å². The molecule has 2 aromatic heterocycles. The number of anilines is 1. The largest absolute Gasteiger partial charge is 0.497 e. The number of nitrogens with zero attached hydrogens (tertiary/aromatic N) is 4. The second-order valence-corrected chi connectivity index (χ2v) is 6.77. The fourth-order valence-corrected chi connectivity index (χ4v) is 3.87. The number of methoxy groups -OCH3 is 1. The first-order valence-electron chi connectivity index (χ1n) is 7.97. The fourth-order valence-electron chi connectivity index (χ4n) is 3.02. The van der Waals surface area contributed by atoms with Crippen LogP contribution in [0.1, 0.15) is 17.9 Å². The Morgan fingerprint density at radius 3 is 2.75 bits per heavy atom. The first-order valence-corrected chi connectivity index (χ1v) is 8.79. The van der Waals surface area contributed by atoms with E-state index in [0.29, 0.717) is 5.92 Å². The van der Waals surface area contributed by atoms with Crippen LogP contribution in [0.25, 0.3) is 10.7 Å².